The van der Waals surface area contributed by atoms with Crippen LogP contribution >= 0.6 is 0 Å². The Morgan fingerprint density at radius 3 is 3.17 bits per heavy atom. The fourth-order valence-electron chi connectivity index (χ4n) is 2.01. The number of furan rings is 1. The van der Waals surface area contributed by atoms with Gasteiger partial charge in [0.2, 0.25) is 11.8 Å². The van der Waals surface area contributed by atoms with E-state index in [-0.39, 0.29) is 24.2 Å². The Balaban J connectivity index is 1.90. The Kier molecular flexibility index (Phi) is 3.82. The number of hydrogen-bond acceptors (Lipinski definition) is 3. The van der Waals surface area contributed by atoms with Crippen molar-refractivity contribution in [1.82, 2.24) is 10.2 Å². The molecule has 0 radical (unpaired) electrons. The molecule has 1 fully saturated rings. The molecule has 2 amide bonds. The van der Waals surface area contributed by atoms with Crippen LogP contribution in [-0.2, 0) is 16.1 Å². The van der Waals surface area contributed by atoms with Crippen molar-refractivity contribution in [1.29, 1.82) is 0 Å². The Labute approximate surface area is 105 Å². The fourth-order valence-corrected chi connectivity index (χ4v) is 2.01. The van der Waals surface area contributed by atoms with Gasteiger partial charge in [-0.05, 0) is 12.1 Å². The summed E-state index contributed by atoms with van der Waals surface area (Å²) in [7, 11) is 0. The average molecular weight is 248 g/mol. The molecule has 1 aromatic rings. The van der Waals surface area contributed by atoms with Crippen molar-refractivity contribution in [2.45, 2.75) is 13.0 Å². The molecule has 96 valence electrons. The normalized spacial score (nSPS) is 19.0. The van der Waals surface area contributed by atoms with Crippen LogP contribution < -0.4 is 5.32 Å². The maximum absolute atomic E-state index is 11.8. The summed E-state index contributed by atoms with van der Waals surface area (Å²) >= 11 is 0. The standard InChI is InChI=1S/C13H16N2O3/c1-2-5-14-13(17)10-7-12(16)15(8-10)9-11-4-3-6-18-11/h2-4,6,10H,1,5,7-9H2,(H,14,17). The van der Waals surface area contributed by atoms with Gasteiger partial charge in [0, 0.05) is 19.5 Å². The second kappa shape index (κ2) is 5.53. The van der Waals surface area contributed by atoms with Gasteiger partial charge in [0.1, 0.15) is 5.76 Å². The van der Waals surface area contributed by atoms with Crippen molar-refractivity contribution >= 4 is 11.8 Å². The lowest BCUT2D eigenvalue weighted by molar-refractivity contribution is -0.129. The van der Waals surface area contributed by atoms with Crippen molar-refractivity contribution in [3.8, 4) is 0 Å². The van der Waals surface area contributed by atoms with Gasteiger partial charge >= 0.3 is 0 Å². The van der Waals surface area contributed by atoms with Gasteiger partial charge in [-0.2, -0.15) is 0 Å². The lowest BCUT2D eigenvalue weighted by atomic mass is 10.1. The third-order valence-electron chi connectivity index (χ3n) is 2.93. The van der Waals surface area contributed by atoms with E-state index in [4.69, 9.17) is 4.42 Å². The summed E-state index contributed by atoms with van der Waals surface area (Å²) < 4.78 is 5.20. The number of amides is 2. The number of nitrogens with one attached hydrogen (secondary N) is 1. The van der Waals surface area contributed by atoms with Crippen LogP contribution in [-0.4, -0.2) is 29.8 Å². The first kappa shape index (κ1) is 12.4. The van der Waals surface area contributed by atoms with Crippen molar-refractivity contribution in [2.24, 2.45) is 5.92 Å². The van der Waals surface area contributed by atoms with Gasteiger partial charge < -0.3 is 14.6 Å². The highest BCUT2D eigenvalue weighted by atomic mass is 16.3. The number of nitrogens with zero attached hydrogens (tertiary/aromatic N) is 1. The molecule has 0 aromatic carbocycles. The number of hydrogen-bond donors (Lipinski definition) is 1. The van der Waals surface area contributed by atoms with Gasteiger partial charge in [-0.15, -0.1) is 6.58 Å². The molecule has 1 aliphatic heterocycles. The third-order valence-corrected chi connectivity index (χ3v) is 2.93. The highest BCUT2D eigenvalue weighted by Gasteiger charge is 2.34. The molecule has 1 aromatic heterocycles. The zero-order valence-electron chi connectivity index (χ0n) is 10.1. The lowest BCUT2D eigenvalue weighted by Crippen LogP contribution is -2.32. The fraction of sp³-hybridized carbons (Fsp3) is 0.385. The minimum atomic E-state index is -0.271. The summed E-state index contributed by atoms with van der Waals surface area (Å²) in [4.78, 5) is 25.2. The molecule has 0 bridgehead atoms. The predicted molar refractivity (Wildman–Crippen MR) is 65.4 cm³/mol. The maximum Gasteiger partial charge on any atom is 0.225 e. The van der Waals surface area contributed by atoms with E-state index in [1.54, 1.807) is 23.3 Å². The molecule has 1 unspecified atom stereocenters. The quantitative estimate of drug-likeness (QED) is 0.788. The first-order chi connectivity index (χ1) is 8.70. The van der Waals surface area contributed by atoms with Gasteiger partial charge in [-0.25, -0.2) is 0 Å². The van der Waals surface area contributed by atoms with Gasteiger partial charge in [-0.3, -0.25) is 9.59 Å². The SMILES string of the molecule is C=CCNC(=O)C1CC(=O)N(Cc2ccco2)C1. The first-order valence-electron chi connectivity index (χ1n) is 5.89. The number of rotatable bonds is 5. The average Bonchev–Trinajstić information content (AvgIpc) is 2.98. The van der Waals surface area contributed by atoms with E-state index < -0.39 is 0 Å². The molecular weight excluding hydrogens is 232 g/mol. The minimum absolute atomic E-state index is 0.00912. The summed E-state index contributed by atoms with van der Waals surface area (Å²) in [5, 5.41) is 2.71. The largest absolute Gasteiger partial charge is 0.467 e. The highest BCUT2D eigenvalue weighted by Crippen LogP contribution is 2.20. The van der Waals surface area contributed by atoms with Crippen molar-refractivity contribution in [2.75, 3.05) is 13.1 Å². The van der Waals surface area contributed by atoms with Crippen LogP contribution in [0.5, 0.6) is 0 Å². The van der Waals surface area contributed by atoms with E-state index in [2.05, 4.69) is 11.9 Å². The van der Waals surface area contributed by atoms with E-state index >= 15 is 0 Å². The second-order valence-corrected chi connectivity index (χ2v) is 4.29. The molecule has 0 aliphatic carbocycles. The number of likely N-dealkylation sites (tertiary alicyclic amines) is 1. The molecule has 1 saturated heterocycles. The summed E-state index contributed by atoms with van der Waals surface area (Å²) in [5.41, 5.74) is 0. The van der Waals surface area contributed by atoms with E-state index in [0.29, 0.717) is 19.6 Å². The van der Waals surface area contributed by atoms with Crippen LogP contribution in [0, 0.1) is 5.92 Å². The minimum Gasteiger partial charge on any atom is -0.467 e. The Hall–Kier alpha value is -2.04. The molecule has 1 atom stereocenters. The van der Waals surface area contributed by atoms with E-state index in [9.17, 15) is 9.59 Å². The summed E-state index contributed by atoms with van der Waals surface area (Å²) in [5.74, 6) is 0.359. The summed E-state index contributed by atoms with van der Waals surface area (Å²) in [6.45, 7) is 4.84. The smallest absolute Gasteiger partial charge is 0.225 e. The predicted octanol–water partition coefficient (Wildman–Crippen LogP) is 0.930. The molecule has 5 nitrogen and oxygen atoms in total. The third kappa shape index (κ3) is 2.80. The molecule has 1 N–H and O–H groups in total. The van der Waals surface area contributed by atoms with Gasteiger partial charge in [0.05, 0.1) is 18.7 Å². The summed E-state index contributed by atoms with van der Waals surface area (Å²) in [6, 6.07) is 3.60. The van der Waals surface area contributed by atoms with Gasteiger partial charge in [0.25, 0.3) is 0 Å². The van der Waals surface area contributed by atoms with Crippen molar-refractivity contribution in [3.05, 3.63) is 36.8 Å². The first-order valence-corrected chi connectivity index (χ1v) is 5.89. The zero-order valence-corrected chi connectivity index (χ0v) is 10.1. The molecule has 2 rings (SSSR count). The van der Waals surface area contributed by atoms with Crippen LogP contribution in [0.4, 0.5) is 0 Å². The van der Waals surface area contributed by atoms with Crippen LogP contribution in [0.2, 0.25) is 0 Å². The van der Waals surface area contributed by atoms with Crippen LogP contribution in [0.25, 0.3) is 0 Å². The monoisotopic (exact) mass is 248 g/mol. The zero-order chi connectivity index (χ0) is 13.0. The highest BCUT2D eigenvalue weighted by molar-refractivity contribution is 5.89. The Morgan fingerprint density at radius 2 is 2.50 bits per heavy atom. The molecule has 2 heterocycles. The van der Waals surface area contributed by atoms with Crippen LogP contribution in [0.15, 0.2) is 35.5 Å². The van der Waals surface area contributed by atoms with E-state index in [1.807, 2.05) is 6.07 Å². The summed E-state index contributed by atoms with van der Waals surface area (Å²) in [6.07, 6.45) is 3.46. The number of carbonyl (C=O) groups excluding carboxylic acids is 2. The molecule has 0 spiro atoms. The Morgan fingerprint density at radius 1 is 1.67 bits per heavy atom. The molecule has 5 heteroatoms. The number of carbonyl (C=O) groups is 2. The van der Waals surface area contributed by atoms with E-state index in [1.165, 1.54) is 0 Å². The lowest BCUT2D eigenvalue weighted by Gasteiger charge is -2.14. The topological polar surface area (TPSA) is 62.6 Å². The van der Waals surface area contributed by atoms with Gasteiger partial charge in [0.15, 0.2) is 0 Å². The van der Waals surface area contributed by atoms with Gasteiger partial charge in [-0.1, -0.05) is 6.08 Å². The van der Waals surface area contributed by atoms with Crippen molar-refractivity contribution in [3.63, 3.8) is 0 Å². The maximum atomic E-state index is 11.8. The second-order valence-electron chi connectivity index (χ2n) is 4.29. The van der Waals surface area contributed by atoms with Crippen LogP contribution in [0.3, 0.4) is 0 Å². The molecule has 18 heavy (non-hydrogen) atoms. The molecular formula is C13H16N2O3. The van der Waals surface area contributed by atoms with Crippen molar-refractivity contribution < 1.29 is 14.0 Å². The molecule has 1 aliphatic rings. The van der Waals surface area contributed by atoms with E-state index in [0.717, 1.165) is 5.76 Å². The van der Waals surface area contributed by atoms with Crippen LogP contribution in [0.1, 0.15) is 12.2 Å². The Bertz CT molecular complexity index is 439. The molecule has 0 saturated carbocycles.